The van der Waals surface area contributed by atoms with Crippen molar-refractivity contribution in [1.29, 1.82) is 0 Å². The SMILES string of the molecule is O=C1N=CCc2ccsc21. The number of amides is 1. The van der Waals surface area contributed by atoms with E-state index >= 15 is 0 Å². The molecule has 0 fully saturated rings. The third kappa shape index (κ3) is 0.708. The van der Waals surface area contributed by atoms with Crippen molar-refractivity contribution < 1.29 is 4.79 Å². The highest BCUT2D eigenvalue weighted by molar-refractivity contribution is 7.12. The number of carbonyl (C=O) groups excluding carboxylic acids is 1. The Morgan fingerprint density at radius 3 is 3.30 bits per heavy atom. The molecule has 0 radical (unpaired) electrons. The van der Waals surface area contributed by atoms with E-state index in [1.807, 2.05) is 11.4 Å². The lowest BCUT2D eigenvalue weighted by Crippen LogP contribution is -2.03. The van der Waals surface area contributed by atoms with Crippen LogP contribution < -0.4 is 0 Å². The molecular formula is C7H5NOS. The van der Waals surface area contributed by atoms with Crippen LogP contribution in [-0.4, -0.2) is 12.1 Å². The lowest BCUT2D eigenvalue weighted by atomic mass is 10.1. The van der Waals surface area contributed by atoms with E-state index in [0.717, 1.165) is 16.9 Å². The summed E-state index contributed by atoms with van der Waals surface area (Å²) in [7, 11) is 0. The van der Waals surface area contributed by atoms with Crippen LogP contribution in [0.25, 0.3) is 0 Å². The van der Waals surface area contributed by atoms with Gasteiger partial charge in [0.25, 0.3) is 5.91 Å². The van der Waals surface area contributed by atoms with Gasteiger partial charge in [0.1, 0.15) is 0 Å². The second kappa shape index (κ2) is 2.02. The highest BCUT2D eigenvalue weighted by Crippen LogP contribution is 2.20. The van der Waals surface area contributed by atoms with Gasteiger partial charge in [-0.15, -0.1) is 11.3 Å². The van der Waals surface area contributed by atoms with Crippen LogP contribution in [0.1, 0.15) is 15.2 Å². The molecule has 1 aromatic rings. The molecule has 0 aromatic carbocycles. The van der Waals surface area contributed by atoms with E-state index in [-0.39, 0.29) is 5.91 Å². The lowest BCUT2D eigenvalue weighted by Gasteiger charge is -2.00. The number of hydrogen-bond acceptors (Lipinski definition) is 2. The van der Waals surface area contributed by atoms with Crippen molar-refractivity contribution in [3.63, 3.8) is 0 Å². The van der Waals surface area contributed by atoms with Crippen LogP contribution in [0.2, 0.25) is 0 Å². The Morgan fingerprint density at radius 1 is 1.60 bits per heavy atom. The van der Waals surface area contributed by atoms with Gasteiger partial charge in [-0.1, -0.05) is 0 Å². The quantitative estimate of drug-likeness (QED) is 0.552. The summed E-state index contributed by atoms with van der Waals surface area (Å²) in [5.74, 6) is -0.0868. The molecule has 10 heavy (non-hydrogen) atoms. The van der Waals surface area contributed by atoms with Gasteiger partial charge in [-0.3, -0.25) is 4.79 Å². The van der Waals surface area contributed by atoms with Gasteiger partial charge >= 0.3 is 0 Å². The van der Waals surface area contributed by atoms with Crippen molar-refractivity contribution in [3.8, 4) is 0 Å². The van der Waals surface area contributed by atoms with E-state index in [0.29, 0.717) is 0 Å². The van der Waals surface area contributed by atoms with Crippen LogP contribution in [0, 0.1) is 0 Å². The molecule has 3 heteroatoms. The molecule has 50 valence electrons. The first-order valence-electron chi connectivity index (χ1n) is 3.01. The Balaban J connectivity index is 2.58. The molecule has 0 bridgehead atoms. The molecule has 0 N–H and O–H groups in total. The molecule has 2 rings (SSSR count). The zero-order valence-corrected chi connectivity index (χ0v) is 6.02. The summed E-state index contributed by atoms with van der Waals surface area (Å²) in [6, 6.07) is 1.98. The van der Waals surface area contributed by atoms with E-state index in [1.165, 1.54) is 11.3 Å². The second-order valence-corrected chi connectivity index (χ2v) is 3.01. The van der Waals surface area contributed by atoms with Gasteiger partial charge in [0.2, 0.25) is 0 Å². The first kappa shape index (κ1) is 5.80. The molecule has 0 spiro atoms. The molecule has 1 aromatic heterocycles. The normalized spacial score (nSPS) is 15.4. The Kier molecular flexibility index (Phi) is 1.17. The van der Waals surface area contributed by atoms with Gasteiger partial charge in [0.15, 0.2) is 0 Å². The number of nitrogens with zero attached hydrogens (tertiary/aromatic N) is 1. The lowest BCUT2D eigenvalue weighted by molar-refractivity contribution is 0.100. The third-order valence-electron chi connectivity index (χ3n) is 1.46. The summed E-state index contributed by atoms with van der Waals surface area (Å²) in [5, 5.41) is 1.93. The summed E-state index contributed by atoms with van der Waals surface area (Å²) in [6.45, 7) is 0. The predicted molar refractivity (Wildman–Crippen MR) is 40.8 cm³/mol. The number of thiophene rings is 1. The number of hydrogen-bond donors (Lipinski definition) is 0. The molecule has 1 aliphatic heterocycles. The molecule has 0 saturated heterocycles. The topological polar surface area (TPSA) is 29.4 Å². The largest absolute Gasteiger partial charge is 0.286 e. The number of aliphatic imine (C=N–C) groups is 1. The summed E-state index contributed by atoms with van der Waals surface area (Å²) in [6.07, 6.45) is 2.47. The van der Waals surface area contributed by atoms with Crippen molar-refractivity contribution in [2.75, 3.05) is 0 Å². The van der Waals surface area contributed by atoms with Crippen molar-refractivity contribution in [3.05, 3.63) is 21.9 Å². The van der Waals surface area contributed by atoms with Crippen LogP contribution in [0.3, 0.4) is 0 Å². The average Bonchev–Trinajstić information content (AvgIpc) is 2.36. The summed E-state index contributed by atoms with van der Waals surface area (Å²) < 4.78 is 0. The third-order valence-corrected chi connectivity index (χ3v) is 2.41. The number of fused-ring (bicyclic) bond motifs is 1. The zero-order chi connectivity index (χ0) is 6.97. The van der Waals surface area contributed by atoms with Crippen molar-refractivity contribution in [2.45, 2.75) is 6.42 Å². The zero-order valence-electron chi connectivity index (χ0n) is 5.20. The molecule has 0 aliphatic carbocycles. The first-order chi connectivity index (χ1) is 4.88. The Bertz CT molecular complexity index is 300. The monoisotopic (exact) mass is 151 g/mol. The van der Waals surface area contributed by atoms with Crippen LogP contribution in [0.15, 0.2) is 16.4 Å². The number of rotatable bonds is 0. The minimum atomic E-state index is -0.0868. The van der Waals surface area contributed by atoms with E-state index in [2.05, 4.69) is 4.99 Å². The fourth-order valence-corrected chi connectivity index (χ4v) is 1.79. The highest BCUT2D eigenvalue weighted by Gasteiger charge is 2.13. The Hall–Kier alpha value is -0.960. The van der Waals surface area contributed by atoms with E-state index in [4.69, 9.17) is 0 Å². The molecule has 1 aliphatic rings. The second-order valence-electron chi connectivity index (χ2n) is 2.10. The molecule has 0 saturated carbocycles. The van der Waals surface area contributed by atoms with Crippen molar-refractivity contribution in [2.24, 2.45) is 4.99 Å². The van der Waals surface area contributed by atoms with Gasteiger partial charge in [0, 0.05) is 12.6 Å². The maximum absolute atomic E-state index is 11.0. The van der Waals surface area contributed by atoms with E-state index in [1.54, 1.807) is 6.21 Å². The molecular weight excluding hydrogens is 146 g/mol. The Morgan fingerprint density at radius 2 is 2.50 bits per heavy atom. The molecule has 2 nitrogen and oxygen atoms in total. The minimum Gasteiger partial charge on any atom is -0.266 e. The van der Waals surface area contributed by atoms with Gasteiger partial charge in [-0.25, -0.2) is 4.99 Å². The van der Waals surface area contributed by atoms with Crippen molar-refractivity contribution >= 4 is 23.5 Å². The molecule has 1 amide bonds. The van der Waals surface area contributed by atoms with Gasteiger partial charge in [-0.05, 0) is 17.0 Å². The number of carbonyl (C=O) groups is 1. The van der Waals surface area contributed by atoms with Crippen LogP contribution >= 0.6 is 11.3 Å². The maximum atomic E-state index is 11.0. The van der Waals surface area contributed by atoms with Crippen LogP contribution in [-0.2, 0) is 6.42 Å². The predicted octanol–water partition coefficient (Wildman–Crippen LogP) is 1.52. The molecule has 0 atom stereocenters. The molecule has 2 heterocycles. The first-order valence-corrected chi connectivity index (χ1v) is 3.89. The average molecular weight is 151 g/mol. The van der Waals surface area contributed by atoms with Gasteiger partial charge < -0.3 is 0 Å². The van der Waals surface area contributed by atoms with Gasteiger partial charge in [0.05, 0.1) is 4.88 Å². The smallest absolute Gasteiger partial charge is 0.266 e. The standard InChI is InChI=1S/C7H5NOS/c9-7-6-5(1-3-8-7)2-4-10-6/h2-4H,1H2. The Labute approximate surface area is 62.2 Å². The van der Waals surface area contributed by atoms with E-state index in [9.17, 15) is 4.79 Å². The summed E-state index contributed by atoms with van der Waals surface area (Å²) in [4.78, 5) is 15.5. The fourth-order valence-electron chi connectivity index (χ4n) is 0.970. The molecule has 0 unspecified atom stereocenters. The van der Waals surface area contributed by atoms with Crippen LogP contribution in [0.4, 0.5) is 0 Å². The van der Waals surface area contributed by atoms with E-state index < -0.39 is 0 Å². The van der Waals surface area contributed by atoms with Crippen LogP contribution in [0.5, 0.6) is 0 Å². The maximum Gasteiger partial charge on any atom is 0.286 e. The summed E-state index contributed by atoms with van der Waals surface area (Å²) in [5.41, 5.74) is 1.12. The fraction of sp³-hybridized carbons (Fsp3) is 0.143. The highest BCUT2D eigenvalue weighted by atomic mass is 32.1. The van der Waals surface area contributed by atoms with Crippen molar-refractivity contribution in [1.82, 2.24) is 0 Å². The summed E-state index contributed by atoms with van der Waals surface area (Å²) >= 11 is 1.47. The van der Waals surface area contributed by atoms with Gasteiger partial charge in [-0.2, -0.15) is 0 Å². The minimum absolute atomic E-state index is 0.0868.